The maximum Gasteiger partial charge on any atom is 0.416 e. The summed E-state index contributed by atoms with van der Waals surface area (Å²) in [6.45, 7) is -6.09. The fourth-order valence-corrected chi connectivity index (χ4v) is 5.87. The summed E-state index contributed by atoms with van der Waals surface area (Å²) >= 11 is 0.310. The maximum absolute atomic E-state index is 14.8. The predicted molar refractivity (Wildman–Crippen MR) is 181 cm³/mol. The summed E-state index contributed by atoms with van der Waals surface area (Å²) in [4.78, 5) is 33.7. The van der Waals surface area contributed by atoms with Crippen LogP contribution in [0, 0.1) is 12.7 Å². The molecule has 4 aromatic rings. The molecule has 0 saturated carbocycles. The number of amides is 1. The van der Waals surface area contributed by atoms with Crippen LogP contribution in [0.1, 0.15) is 68.9 Å². The van der Waals surface area contributed by atoms with Crippen LogP contribution in [0.2, 0.25) is 0 Å². The molecule has 254 valence electrons. The van der Waals surface area contributed by atoms with Gasteiger partial charge in [0.2, 0.25) is 5.91 Å². The molecule has 0 atom stereocenters. The van der Waals surface area contributed by atoms with E-state index in [2.05, 4.69) is 4.98 Å². The number of thioether (sulfide) groups is 1. The van der Waals surface area contributed by atoms with Crippen molar-refractivity contribution in [2.45, 2.75) is 70.1 Å². The molecule has 1 aliphatic rings. The van der Waals surface area contributed by atoms with E-state index in [1.807, 2.05) is 0 Å². The summed E-state index contributed by atoms with van der Waals surface area (Å²) in [5.41, 5.74) is -4.31. The van der Waals surface area contributed by atoms with Gasteiger partial charge in [-0.05, 0) is 91.3 Å². The SMILES string of the molecule is [2H]c1c([2H])c(-c2ccc(C(F)(F)F)cc2)c([2H])c(C)c1CN(CCN(C([2H])([2H])C)C([2H])([2H])C)C(=O)C([2H])([2H])n1c(SC([2H])([2H])c2ccc(F)cc2)nc(=O)c2c1CCC2. The zero-order valence-corrected chi connectivity index (χ0v) is 27.2. The molecule has 6 nitrogen and oxygen atoms in total. The Labute approximate surface area is 298 Å². The first-order chi connectivity index (χ1) is 27.1. The monoisotopic (exact) mass is 691 g/mol. The summed E-state index contributed by atoms with van der Waals surface area (Å²) in [5.74, 6) is -2.01. The molecule has 1 heterocycles. The molecule has 1 aromatic heterocycles. The first-order valence-electron chi connectivity index (χ1n) is 20.5. The van der Waals surface area contributed by atoms with Gasteiger partial charge in [-0.15, -0.1) is 0 Å². The summed E-state index contributed by atoms with van der Waals surface area (Å²) in [6.07, 6.45) is -4.01. The molecule has 0 N–H and O–H groups in total. The Morgan fingerprint density at radius 3 is 2.40 bits per heavy atom. The Balaban J connectivity index is 1.65. The molecule has 0 unspecified atom stereocenters. The van der Waals surface area contributed by atoms with Crippen molar-refractivity contribution in [3.8, 4) is 11.1 Å². The van der Waals surface area contributed by atoms with Crippen molar-refractivity contribution in [3.63, 3.8) is 0 Å². The molecule has 0 aliphatic heterocycles. The van der Waals surface area contributed by atoms with Crippen molar-refractivity contribution in [1.29, 1.82) is 0 Å². The average molecular weight is 692 g/mol. The lowest BCUT2D eigenvalue weighted by molar-refractivity contribution is -0.137. The largest absolute Gasteiger partial charge is 0.416 e. The summed E-state index contributed by atoms with van der Waals surface area (Å²) in [6, 6.07) is 6.54. The molecule has 0 fully saturated rings. The Morgan fingerprint density at radius 2 is 1.73 bits per heavy atom. The van der Waals surface area contributed by atoms with Crippen molar-refractivity contribution in [2.24, 2.45) is 0 Å². The van der Waals surface area contributed by atoms with Crippen LogP contribution in [-0.2, 0) is 42.6 Å². The van der Waals surface area contributed by atoms with Crippen LogP contribution in [-0.4, -0.2) is 51.3 Å². The number of aromatic nitrogens is 2. The van der Waals surface area contributed by atoms with E-state index >= 15 is 0 Å². The smallest absolute Gasteiger partial charge is 0.336 e. The van der Waals surface area contributed by atoms with Crippen molar-refractivity contribution in [3.05, 3.63) is 116 Å². The van der Waals surface area contributed by atoms with Crippen LogP contribution in [0.25, 0.3) is 11.1 Å². The van der Waals surface area contributed by atoms with Crippen molar-refractivity contribution < 1.29 is 37.4 Å². The van der Waals surface area contributed by atoms with Crippen LogP contribution in [0.15, 0.2) is 76.6 Å². The standard InChI is InChI=1S/C37H40F4N4O2S/c1-4-43(5-2)19-20-44(22-29-12-11-28(21-25(29)3)27-13-15-30(16-14-27)37(39,40)41)34(46)23-45-33-8-6-7-32(33)35(47)42-36(45)48-24-26-9-17-31(38)18-10-26/h9-18,21H,4-8,19-20,22-24H2,1-3H3/i4D2,5D2,11D,12D,21D,23D2,24D2. The molecule has 0 radical (unpaired) electrons. The number of likely N-dealkylation sites (N-methyl/N-ethyl adjacent to an activating group) is 1. The minimum atomic E-state index is -4.66. The second kappa shape index (κ2) is 15.5. The summed E-state index contributed by atoms with van der Waals surface area (Å²) in [7, 11) is 0. The normalized spacial score (nSPS) is 17.4. The van der Waals surface area contributed by atoms with Gasteiger partial charge in [-0.3, -0.25) is 9.59 Å². The number of carbonyl (C=O) groups excluding carboxylic acids is 1. The summed E-state index contributed by atoms with van der Waals surface area (Å²) < 4.78 is 151. The number of carbonyl (C=O) groups is 1. The van der Waals surface area contributed by atoms with E-state index in [9.17, 15) is 29.9 Å². The zero-order valence-electron chi connectivity index (χ0n) is 37.4. The minimum Gasteiger partial charge on any atom is -0.336 e. The lowest BCUT2D eigenvalue weighted by Gasteiger charge is -2.28. The number of fused-ring (bicyclic) bond motifs is 1. The molecule has 1 aliphatic carbocycles. The number of alkyl halides is 3. The van der Waals surface area contributed by atoms with E-state index in [4.69, 9.17) is 12.3 Å². The molecule has 1 amide bonds. The third-order valence-corrected chi connectivity index (χ3v) is 8.59. The van der Waals surface area contributed by atoms with E-state index in [0.29, 0.717) is 18.2 Å². The van der Waals surface area contributed by atoms with Crippen LogP contribution in [0.4, 0.5) is 17.6 Å². The van der Waals surface area contributed by atoms with Gasteiger partial charge in [0, 0.05) is 44.8 Å². The zero-order chi connectivity index (χ0) is 44.2. The number of halogens is 4. The van der Waals surface area contributed by atoms with E-state index < -0.39 is 91.1 Å². The highest BCUT2D eigenvalue weighted by Crippen LogP contribution is 2.32. The second-order valence-electron chi connectivity index (χ2n) is 10.9. The predicted octanol–water partition coefficient (Wildman–Crippen LogP) is 7.53. The van der Waals surface area contributed by atoms with Gasteiger partial charge < -0.3 is 14.4 Å². The molecule has 48 heavy (non-hydrogen) atoms. The maximum atomic E-state index is 14.8. The van der Waals surface area contributed by atoms with Crippen LogP contribution >= 0.6 is 11.8 Å². The van der Waals surface area contributed by atoms with E-state index in [0.717, 1.165) is 76.7 Å². The molecular weight excluding hydrogens is 640 g/mol. The first-order valence-corrected chi connectivity index (χ1v) is 15.8. The Hall–Kier alpha value is -3.96. The highest BCUT2D eigenvalue weighted by Gasteiger charge is 2.30. The van der Waals surface area contributed by atoms with E-state index in [-0.39, 0.29) is 58.0 Å². The number of hydrogen-bond acceptors (Lipinski definition) is 5. The van der Waals surface area contributed by atoms with E-state index in [1.165, 1.54) is 6.92 Å². The molecule has 5 rings (SSSR count). The van der Waals surface area contributed by atoms with Crippen molar-refractivity contribution in [1.82, 2.24) is 19.4 Å². The minimum absolute atomic E-state index is 0.0161. The van der Waals surface area contributed by atoms with Gasteiger partial charge in [-0.2, -0.15) is 18.2 Å². The quantitative estimate of drug-likeness (QED) is 0.0825. The average Bonchev–Trinajstić information content (AvgIpc) is 3.60. The van der Waals surface area contributed by atoms with Crippen molar-refractivity contribution in [2.75, 3.05) is 26.1 Å². The van der Waals surface area contributed by atoms with Gasteiger partial charge in [0.05, 0.1) is 12.4 Å². The fourth-order valence-electron chi connectivity index (χ4n) is 5.15. The topological polar surface area (TPSA) is 58.4 Å². The lowest BCUT2D eigenvalue weighted by atomic mass is 9.98. The Bertz CT molecular complexity index is 2260. The molecule has 0 spiro atoms. The number of benzene rings is 3. The van der Waals surface area contributed by atoms with Gasteiger partial charge in [-0.1, -0.05) is 68.0 Å². The Kier molecular flexibility index (Phi) is 7.56. The molecule has 3 aromatic carbocycles. The van der Waals surface area contributed by atoms with Gasteiger partial charge in [-0.25, -0.2) is 4.39 Å². The molecule has 11 heteroatoms. The molecular formula is C37H40F4N4O2S. The van der Waals surface area contributed by atoms with Crippen LogP contribution < -0.4 is 5.56 Å². The number of nitrogens with zero attached hydrogens (tertiary/aromatic N) is 4. The van der Waals surface area contributed by atoms with E-state index in [1.54, 1.807) is 0 Å². The highest BCUT2D eigenvalue weighted by atomic mass is 32.2. The number of rotatable bonds is 13. The summed E-state index contributed by atoms with van der Waals surface area (Å²) in [5, 5.41) is -0.528. The lowest BCUT2D eigenvalue weighted by Crippen LogP contribution is -2.40. The first kappa shape index (κ1) is 23.4. The fraction of sp³-hybridized carbons (Fsp3) is 0.378. The highest BCUT2D eigenvalue weighted by molar-refractivity contribution is 7.98. The van der Waals surface area contributed by atoms with Gasteiger partial charge in [0.25, 0.3) is 5.56 Å². The molecule has 0 saturated heterocycles. The Morgan fingerprint density at radius 1 is 1.02 bits per heavy atom. The molecule has 0 bridgehead atoms. The van der Waals surface area contributed by atoms with Crippen molar-refractivity contribution >= 4 is 17.7 Å². The van der Waals surface area contributed by atoms with Gasteiger partial charge >= 0.3 is 6.18 Å². The third-order valence-electron chi connectivity index (χ3n) is 7.79. The van der Waals surface area contributed by atoms with Gasteiger partial charge in [0.1, 0.15) is 12.3 Å². The van der Waals surface area contributed by atoms with Crippen LogP contribution in [0.3, 0.4) is 0 Å². The van der Waals surface area contributed by atoms with Crippen LogP contribution in [0.5, 0.6) is 0 Å². The number of hydrogen-bond donors (Lipinski definition) is 0. The second-order valence-corrected chi connectivity index (χ2v) is 11.7. The third kappa shape index (κ3) is 8.54. The van der Waals surface area contributed by atoms with Gasteiger partial charge in [0.15, 0.2) is 5.16 Å².